The summed E-state index contributed by atoms with van der Waals surface area (Å²) in [5, 5.41) is 0. The maximum absolute atomic E-state index is 9.09. The van der Waals surface area contributed by atoms with Crippen molar-refractivity contribution < 1.29 is 9.13 Å². The molecule has 5 heteroatoms. The molecule has 0 saturated carbocycles. The summed E-state index contributed by atoms with van der Waals surface area (Å²) in [4.78, 5) is 0. The van der Waals surface area contributed by atoms with Crippen molar-refractivity contribution in [3.05, 3.63) is 0 Å². The van der Waals surface area contributed by atoms with Crippen LogP contribution in [0, 0.1) is 0 Å². The van der Waals surface area contributed by atoms with Crippen LogP contribution in [0.4, 0.5) is 0 Å². The molecule has 0 aliphatic rings. The minimum Gasteiger partial charge on any atom is 0 e. The van der Waals surface area contributed by atoms with Gasteiger partial charge in [-0.25, -0.2) is 0 Å². The van der Waals surface area contributed by atoms with Crippen LogP contribution in [-0.4, -0.2) is 45.2 Å². The third kappa shape index (κ3) is 33.4. The first-order chi connectivity index (χ1) is 1.73. The van der Waals surface area contributed by atoms with E-state index in [0.717, 1.165) is 0 Å². The normalized spacial score (nSPS) is 4.60. The van der Waals surface area contributed by atoms with E-state index in [0.29, 0.717) is 35.1 Å². The topological polar surface area (TPSA) is 34.1 Å². The average Bonchev–Trinajstić information content (AvgIpc) is 0.811. The molecule has 3 radical (unpaired) electrons. The standard InChI is InChI=1S/Be.Ca.O2P/c;;1-3-2. The Kier molecular flexibility index (Phi) is 10.2. The van der Waals surface area contributed by atoms with Gasteiger partial charge in [0.25, 0.3) is 0 Å². The molecule has 0 bridgehead atoms. The van der Waals surface area contributed by atoms with E-state index in [1.807, 2.05) is 0 Å². The number of hydrogen-bond acceptors (Lipinski definition) is 2. The van der Waals surface area contributed by atoms with Gasteiger partial charge in [0.15, 0.2) is 0 Å². The van der Waals surface area contributed by atoms with Crippen molar-refractivity contribution in [3.63, 3.8) is 0 Å². The fourth-order valence-electron chi connectivity index (χ4n) is 0. The largest absolute Gasteiger partial charge is 0 e. The second-order valence-corrected chi connectivity index (χ2v) is 3.42. The predicted molar refractivity (Wildman–Crippen MR) is 19.8 cm³/mol. The van der Waals surface area contributed by atoms with E-state index in [-0.39, 0.29) is 10.1 Å². The van der Waals surface area contributed by atoms with Crippen LogP contribution in [-0.2, 0) is 9.13 Å². The fraction of sp³-hybridized carbons (Fsp3) is 0. The van der Waals surface area contributed by atoms with Crippen LogP contribution in [0.2, 0.25) is 0 Å². The van der Waals surface area contributed by atoms with Gasteiger partial charge in [-0.15, -0.1) is 0 Å². The van der Waals surface area contributed by atoms with Gasteiger partial charge in [0.1, 0.15) is 0 Å². The Morgan fingerprint density at radius 2 is 1.40 bits per heavy atom. The second kappa shape index (κ2) is 5.33. The maximum Gasteiger partial charge on any atom is 0 e. The molecule has 0 aromatic heterocycles. The van der Waals surface area contributed by atoms with Crippen LogP contribution < -0.4 is 0 Å². The summed E-state index contributed by atoms with van der Waals surface area (Å²) in [7, 11) is 0. The molecule has 0 spiro atoms. The Bertz CT molecular complexity index is 58.0. The molecule has 0 N–H and O–H groups in total. The van der Waals surface area contributed by atoms with E-state index >= 15 is 0 Å². The van der Waals surface area contributed by atoms with Crippen molar-refractivity contribution in [2.24, 2.45) is 0 Å². The minimum absolute atomic E-state index is 0. The maximum atomic E-state index is 9.09. The minimum atomic E-state index is -2.00. The summed E-state index contributed by atoms with van der Waals surface area (Å²) in [6.45, 7) is 0. The van der Waals surface area contributed by atoms with Crippen LogP contribution in [0.5, 0.6) is 0 Å². The van der Waals surface area contributed by atoms with E-state index in [4.69, 9.17) is 9.13 Å². The molecule has 0 amide bonds. The SMILES string of the molecule is O=[P](=O)[Ca].[Be]. The first-order valence-corrected chi connectivity index (χ1v) is 5.01. The molecule has 2 nitrogen and oxygen atoms in total. The molecule has 0 aliphatic heterocycles. The first kappa shape index (κ1) is 9.59. The average molecular weight is 112 g/mol. The molecule has 0 heterocycles. The zero-order valence-electron chi connectivity index (χ0n) is 2.68. The summed E-state index contributed by atoms with van der Waals surface area (Å²) < 4.78 is 16.2. The van der Waals surface area contributed by atoms with Crippen LogP contribution in [0.15, 0.2) is 0 Å². The zero-order valence-corrected chi connectivity index (χ0v) is 5.78. The summed E-state index contributed by atoms with van der Waals surface area (Å²) in [5.74, 6) is 0. The molecule has 0 fully saturated rings. The summed E-state index contributed by atoms with van der Waals surface area (Å²) in [6.07, 6.45) is 0. The third-order valence-electron chi connectivity index (χ3n) is 0. The Balaban J connectivity index is 0. The molecule has 0 unspecified atom stereocenters. The van der Waals surface area contributed by atoms with Crippen LogP contribution in [0.3, 0.4) is 0 Å². The Hall–Kier alpha value is 1.33. The molecular formula is BeCaO2P. The smallest absolute Gasteiger partial charge is 0 e. The molecule has 0 rings (SSSR count). The zero-order chi connectivity index (χ0) is 3.58. The molecule has 0 aromatic rings. The van der Waals surface area contributed by atoms with E-state index in [1.54, 1.807) is 0 Å². The van der Waals surface area contributed by atoms with E-state index in [9.17, 15) is 0 Å². The Labute approximate surface area is 56.8 Å². The third-order valence-corrected chi connectivity index (χ3v) is 0. The van der Waals surface area contributed by atoms with Crippen LogP contribution in [0.25, 0.3) is 0 Å². The molecule has 0 aliphatic carbocycles. The molecule has 5 heavy (non-hydrogen) atoms. The predicted octanol–water partition coefficient (Wildman–Crippen LogP) is -0.138. The van der Waals surface area contributed by atoms with E-state index in [2.05, 4.69) is 0 Å². The molecule has 0 aromatic carbocycles. The molecular weight excluding hydrogens is 112 g/mol. The van der Waals surface area contributed by atoms with Gasteiger partial charge in [-0.2, -0.15) is 0 Å². The quantitative estimate of drug-likeness (QED) is 0.323. The van der Waals surface area contributed by atoms with Crippen LogP contribution in [0.1, 0.15) is 0 Å². The monoisotopic (exact) mass is 112 g/mol. The van der Waals surface area contributed by atoms with Gasteiger partial charge in [-0.1, -0.05) is 0 Å². The van der Waals surface area contributed by atoms with E-state index < -0.39 is 3.09 Å². The van der Waals surface area contributed by atoms with Crippen molar-refractivity contribution in [2.75, 3.05) is 0 Å². The fourth-order valence-corrected chi connectivity index (χ4v) is 0. The Morgan fingerprint density at radius 3 is 1.40 bits per heavy atom. The van der Waals surface area contributed by atoms with Crippen molar-refractivity contribution in [3.8, 4) is 0 Å². The second-order valence-electron chi connectivity index (χ2n) is 0.333. The van der Waals surface area contributed by atoms with Crippen LogP contribution >= 0.6 is 3.09 Å². The van der Waals surface area contributed by atoms with Gasteiger partial charge in [0.2, 0.25) is 0 Å². The summed E-state index contributed by atoms with van der Waals surface area (Å²) in [6, 6.07) is 0. The summed E-state index contributed by atoms with van der Waals surface area (Å²) >= 11 is 0.384. The number of hydrogen-bond donors (Lipinski definition) is 0. The Morgan fingerprint density at radius 1 is 1.40 bits per heavy atom. The van der Waals surface area contributed by atoms with E-state index in [1.165, 1.54) is 0 Å². The van der Waals surface area contributed by atoms with Gasteiger partial charge in [0, 0.05) is 10.1 Å². The van der Waals surface area contributed by atoms with Gasteiger partial charge in [-0.05, 0) is 0 Å². The van der Waals surface area contributed by atoms with Crippen molar-refractivity contribution >= 4 is 48.3 Å². The molecule has 21 valence electrons. The van der Waals surface area contributed by atoms with Gasteiger partial charge in [0.05, 0.1) is 0 Å². The van der Waals surface area contributed by atoms with Gasteiger partial charge < -0.3 is 0 Å². The summed E-state index contributed by atoms with van der Waals surface area (Å²) in [5.41, 5.74) is 0. The van der Waals surface area contributed by atoms with Crippen molar-refractivity contribution in [2.45, 2.75) is 0 Å². The molecule has 0 saturated heterocycles. The number of rotatable bonds is 0. The van der Waals surface area contributed by atoms with Crippen molar-refractivity contribution in [1.82, 2.24) is 0 Å². The first-order valence-electron chi connectivity index (χ1n) is 0.681. The van der Waals surface area contributed by atoms with Crippen molar-refractivity contribution in [1.29, 1.82) is 0 Å². The van der Waals surface area contributed by atoms with Gasteiger partial charge in [-0.3, -0.25) is 0 Å². The van der Waals surface area contributed by atoms with Gasteiger partial charge >= 0.3 is 47.3 Å². The molecule has 0 atom stereocenters.